The lowest BCUT2D eigenvalue weighted by atomic mass is 9.98. The van der Waals surface area contributed by atoms with E-state index in [0.29, 0.717) is 5.56 Å². The molecule has 0 aromatic carbocycles. The van der Waals surface area contributed by atoms with Crippen LogP contribution >= 0.6 is 0 Å². The summed E-state index contributed by atoms with van der Waals surface area (Å²) < 4.78 is 5.37. The zero-order valence-corrected chi connectivity index (χ0v) is 11.7. The molecule has 1 amide bonds. The van der Waals surface area contributed by atoms with Gasteiger partial charge in [-0.15, -0.1) is 0 Å². The number of hydrogen-bond acceptors (Lipinski definition) is 5. The van der Waals surface area contributed by atoms with Gasteiger partial charge in [-0.1, -0.05) is 13.8 Å². The number of nitriles is 1. The van der Waals surface area contributed by atoms with E-state index in [1.165, 1.54) is 5.56 Å². The molecule has 20 heavy (non-hydrogen) atoms. The average molecular weight is 274 g/mol. The Morgan fingerprint density at radius 3 is 2.80 bits per heavy atom. The summed E-state index contributed by atoms with van der Waals surface area (Å²) >= 11 is 0. The van der Waals surface area contributed by atoms with Gasteiger partial charge >= 0.3 is 0 Å². The standard InChI is InChI=1S/C14H18N4O2/c1-8(2)13-10-5-3-4-9(10)11(6-15)14(17-13)20-7-12(19)18-16/h8H,3-5,7,16H2,1-2H3,(H,18,19). The van der Waals surface area contributed by atoms with Crippen LogP contribution in [0.25, 0.3) is 0 Å². The smallest absolute Gasteiger partial charge is 0.271 e. The molecule has 0 aliphatic heterocycles. The Morgan fingerprint density at radius 2 is 2.20 bits per heavy atom. The minimum atomic E-state index is -0.456. The molecule has 1 aromatic heterocycles. The summed E-state index contributed by atoms with van der Waals surface area (Å²) in [6.45, 7) is 3.88. The minimum absolute atomic E-state index is 0.237. The maximum Gasteiger partial charge on any atom is 0.271 e. The Hall–Kier alpha value is -2.13. The number of hydrogen-bond donors (Lipinski definition) is 2. The molecule has 0 spiro atoms. The molecule has 1 aliphatic rings. The van der Waals surface area contributed by atoms with Gasteiger partial charge in [-0.3, -0.25) is 10.2 Å². The number of nitrogens with zero attached hydrogens (tertiary/aromatic N) is 2. The third kappa shape index (κ3) is 2.58. The van der Waals surface area contributed by atoms with Gasteiger partial charge in [0.15, 0.2) is 6.61 Å². The molecule has 1 aliphatic carbocycles. The third-order valence-electron chi connectivity index (χ3n) is 3.42. The summed E-state index contributed by atoms with van der Waals surface area (Å²) in [7, 11) is 0. The lowest BCUT2D eigenvalue weighted by Crippen LogP contribution is -2.34. The van der Waals surface area contributed by atoms with Crippen LogP contribution in [0, 0.1) is 11.3 Å². The maximum absolute atomic E-state index is 11.2. The van der Waals surface area contributed by atoms with Crippen molar-refractivity contribution in [1.29, 1.82) is 5.26 Å². The Balaban J connectivity index is 2.43. The first-order chi connectivity index (χ1) is 9.58. The lowest BCUT2D eigenvalue weighted by molar-refractivity contribution is -0.123. The fourth-order valence-electron chi connectivity index (χ4n) is 2.54. The predicted molar refractivity (Wildman–Crippen MR) is 72.9 cm³/mol. The number of nitrogens with two attached hydrogens (primary N) is 1. The van der Waals surface area contributed by atoms with E-state index in [1.54, 1.807) is 0 Å². The van der Waals surface area contributed by atoms with E-state index >= 15 is 0 Å². The number of carbonyl (C=O) groups is 1. The van der Waals surface area contributed by atoms with Crippen LogP contribution in [0.1, 0.15) is 48.6 Å². The van der Waals surface area contributed by atoms with Crippen LogP contribution in [0.4, 0.5) is 0 Å². The van der Waals surface area contributed by atoms with Crippen molar-refractivity contribution < 1.29 is 9.53 Å². The fraction of sp³-hybridized carbons (Fsp3) is 0.500. The summed E-state index contributed by atoms with van der Waals surface area (Å²) in [4.78, 5) is 15.6. The van der Waals surface area contributed by atoms with E-state index in [1.807, 2.05) is 5.43 Å². The number of carbonyl (C=O) groups excluding carboxylic acids is 1. The highest BCUT2D eigenvalue weighted by Gasteiger charge is 2.25. The van der Waals surface area contributed by atoms with E-state index < -0.39 is 5.91 Å². The van der Waals surface area contributed by atoms with Crippen molar-refractivity contribution in [2.24, 2.45) is 5.84 Å². The van der Waals surface area contributed by atoms with Gasteiger partial charge in [-0.2, -0.15) is 5.26 Å². The molecule has 106 valence electrons. The Bertz CT molecular complexity index is 576. The number of pyridine rings is 1. The molecule has 0 unspecified atom stereocenters. The summed E-state index contributed by atoms with van der Waals surface area (Å²) in [6.07, 6.45) is 2.84. The molecule has 0 saturated carbocycles. The number of hydrazine groups is 1. The highest BCUT2D eigenvalue weighted by atomic mass is 16.5. The topological polar surface area (TPSA) is 101 Å². The first-order valence-corrected chi connectivity index (χ1v) is 6.66. The molecule has 1 heterocycles. The molecule has 0 radical (unpaired) electrons. The Labute approximate surface area is 117 Å². The largest absolute Gasteiger partial charge is 0.467 e. The zero-order chi connectivity index (χ0) is 14.7. The van der Waals surface area contributed by atoms with Gasteiger partial charge in [0.25, 0.3) is 5.91 Å². The number of rotatable bonds is 4. The van der Waals surface area contributed by atoms with Crippen molar-refractivity contribution in [3.63, 3.8) is 0 Å². The number of aromatic nitrogens is 1. The molecule has 6 nitrogen and oxygen atoms in total. The quantitative estimate of drug-likeness (QED) is 0.483. The van der Waals surface area contributed by atoms with Gasteiger partial charge in [-0.25, -0.2) is 10.8 Å². The summed E-state index contributed by atoms with van der Waals surface area (Å²) in [5.74, 6) is 5.04. The van der Waals surface area contributed by atoms with Gasteiger partial charge in [0.1, 0.15) is 11.6 Å². The molecule has 0 saturated heterocycles. The second kappa shape index (κ2) is 5.88. The summed E-state index contributed by atoms with van der Waals surface area (Å²) in [6, 6.07) is 2.15. The SMILES string of the molecule is CC(C)c1nc(OCC(=O)NN)c(C#N)c2c1CCC2. The molecule has 0 fully saturated rings. The van der Waals surface area contributed by atoms with Crippen LogP contribution < -0.4 is 16.0 Å². The highest BCUT2D eigenvalue weighted by Crippen LogP contribution is 2.35. The van der Waals surface area contributed by atoms with Crippen molar-refractivity contribution in [3.8, 4) is 11.9 Å². The van der Waals surface area contributed by atoms with Gasteiger partial charge < -0.3 is 4.74 Å². The number of nitrogens with one attached hydrogen (secondary N) is 1. The number of amides is 1. The van der Waals surface area contributed by atoms with Crippen LogP contribution in [-0.4, -0.2) is 17.5 Å². The van der Waals surface area contributed by atoms with Gasteiger partial charge in [-0.05, 0) is 36.3 Å². The van der Waals surface area contributed by atoms with Gasteiger partial charge in [0, 0.05) is 0 Å². The van der Waals surface area contributed by atoms with Crippen LogP contribution in [-0.2, 0) is 17.6 Å². The van der Waals surface area contributed by atoms with E-state index in [9.17, 15) is 10.1 Å². The fourth-order valence-corrected chi connectivity index (χ4v) is 2.54. The molecule has 6 heteroatoms. The monoisotopic (exact) mass is 274 g/mol. The van der Waals surface area contributed by atoms with Crippen LogP contribution in [0.2, 0.25) is 0 Å². The Morgan fingerprint density at radius 1 is 1.50 bits per heavy atom. The number of ether oxygens (including phenoxy) is 1. The lowest BCUT2D eigenvalue weighted by Gasteiger charge is -2.15. The van der Waals surface area contributed by atoms with Crippen LogP contribution in [0.3, 0.4) is 0 Å². The van der Waals surface area contributed by atoms with Crippen molar-refractivity contribution >= 4 is 5.91 Å². The molecule has 2 rings (SSSR count). The average Bonchev–Trinajstić information content (AvgIpc) is 2.91. The first-order valence-electron chi connectivity index (χ1n) is 6.66. The first kappa shape index (κ1) is 14.3. The van der Waals surface area contributed by atoms with Crippen molar-refractivity contribution in [2.75, 3.05) is 6.61 Å². The van der Waals surface area contributed by atoms with Gasteiger partial charge in [0.05, 0.1) is 5.69 Å². The Kier molecular flexibility index (Phi) is 4.20. The van der Waals surface area contributed by atoms with Crippen molar-refractivity contribution in [3.05, 3.63) is 22.4 Å². The molecular weight excluding hydrogens is 256 g/mol. The van der Waals surface area contributed by atoms with E-state index in [-0.39, 0.29) is 18.4 Å². The number of fused-ring (bicyclic) bond motifs is 1. The molecular formula is C14H18N4O2. The third-order valence-corrected chi connectivity index (χ3v) is 3.42. The van der Waals surface area contributed by atoms with Crippen molar-refractivity contribution in [1.82, 2.24) is 10.4 Å². The normalized spacial score (nSPS) is 12.9. The second-order valence-electron chi connectivity index (χ2n) is 5.11. The molecule has 0 atom stereocenters. The highest BCUT2D eigenvalue weighted by molar-refractivity contribution is 5.76. The van der Waals surface area contributed by atoms with Crippen LogP contribution in [0.5, 0.6) is 5.88 Å². The minimum Gasteiger partial charge on any atom is -0.467 e. The van der Waals surface area contributed by atoms with Gasteiger partial charge in [0.2, 0.25) is 5.88 Å². The summed E-state index contributed by atoms with van der Waals surface area (Å²) in [5, 5.41) is 9.34. The molecule has 1 aromatic rings. The predicted octanol–water partition coefficient (Wildman–Crippen LogP) is 0.934. The maximum atomic E-state index is 11.2. The second-order valence-corrected chi connectivity index (χ2v) is 5.11. The summed E-state index contributed by atoms with van der Waals surface area (Å²) in [5.41, 5.74) is 5.59. The van der Waals surface area contributed by atoms with E-state index in [4.69, 9.17) is 10.6 Å². The van der Waals surface area contributed by atoms with E-state index in [0.717, 1.165) is 30.5 Å². The van der Waals surface area contributed by atoms with Crippen LogP contribution in [0.15, 0.2) is 0 Å². The molecule has 0 bridgehead atoms. The van der Waals surface area contributed by atoms with Crippen molar-refractivity contribution in [2.45, 2.75) is 39.0 Å². The van der Waals surface area contributed by atoms with E-state index in [2.05, 4.69) is 24.9 Å². The molecule has 3 N–H and O–H groups in total. The zero-order valence-electron chi connectivity index (χ0n) is 11.7.